The summed E-state index contributed by atoms with van der Waals surface area (Å²) < 4.78 is 21.0. The lowest BCUT2D eigenvalue weighted by atomic mass is 10.00. The normalized spacial score (nSPS) is 15.9. The zero-order chi connectivity index (χ0) is 19.8. The summed E-state index contributed by atoms with van der Waals surface area (Å²) in [5, 5.41) is 3.76. The highest BCUT2D eigenvalue weighted by Gasteiger charge is 2.23. The van der Waals surface area contributed by atoms with E-state index >= 15 is 0 Å². The zero-order valence-corrected chi connectivity index (χ0v) is 17.4. The van der Waals surface area contributed by atoms with Crippen LogP contribution in [0, 0.1) is 5.82 Å². The van der Waals surface area contributed by atoms with Gasteiger partial charge in [-0.05, 0) is 49.4 Å². The van der Waals surface area contributed by atoms with E-state index in [1.54, 1.807) is 24.7 Å². The zero-order valence-electron chi connectivity index (χ0n) is 15.9. The van der Waals surface area contributed by atoms with Crippen molar-refractivity contribution < 1.29 is 9.13 Å². The second-order valence-electron chi connectivity index (χ2n) is 7.00. The Balaban J connectivity index is 0.00000218. The van der Waals surface area contributed by atoms with Crippen LogP contribution >= 0.6 is 24.0 Å². The van der Waals surface area contributed by atoms with Crippen LogP contribution in [0.3, 0.4) is 0 Å². The topological polar surface area (TPSA) is 62.8 Å². The van der Waals surface area contributed by atoms with Gasteiger partial charge in [-0.15, -0.1) is 12.4 Å². The molecule has 0 unspecified atom stereocenters. The second kappa shape index (κ2) is 8.60. The number of aromatic nitrogens is 3. The highest BCUT2D eigenvalue weighted by Crippen LogP contribution is 2.42. The fourth-order valence-corrected chi connectivity index (χ4v) is 3.94. The molecule has 1 fully saturated rings. The average Bonchev–Trinajstić information content (AvgIpc) is 3.38. The summed E-state index contributed by atoms with van der Waals surface area (Å²) in [4.78, 5) is 12.1. The van der Waals surface area contributed by atoms with Crippen molar-refractivity contribution in [2.75, 3.05) is 13.1 Å². The minimum Gasteiger partial charge on any atom is -0.487 e. The predicted octanol–water partition coefficient (Wildman–Crippen LogP) is 5.25. The molecule has 1 saturated heterocycles. The Bertz CT molecular complexity index is 1190. The number of nitrogens with zero attached hydrogens (tertiary/aromatic N) is 2. The molecule has 1 aliphatic rings. The smallest absolute Gasteiger partial charge is 0.147 e. The summed E-state index contributed by atoms with van der Waals surface area (Å²) in [5.41, 5.74) is 4.06. The molecular formula is C22H19Cl2FN4O. The van der Waals surface area contributed by atoms with Crippen molar-refractivity contribution in [2.45, 2.75) is 12.5 Å². The lowest BCUT2D eigenvalue weighted by molar-refractivity contribution is 0.223. The van der Waals surface area contributed by atoms with Crippen molar-refractivity contribution in [1.82, 2.24) is 20.3 Å². The summed E-state index contributed by atoms with van der Waals surface area (Å²) in [5.74, 6) is 0.287. The fraction of sp³-hybridized carbons (Fsp3) is 0.182. The Morgan fingerprint density at radius 2 is 2.03 bits per heavy atom. The van der Waals surface area contributed by atoms with E-state index in [0.717, 1.165) is 36.3 Å². The number of pyridine rings is 2. The molecule has 0 amide bonds. The molecule has 3 aromatic heterocycles. The molecule has 1 aromatic carbocycles. The van der Waals surface area contributed by atoms with Gasteiger partial charge in [-0.2, -0.15) is 0 Å². The maximum Gasteiger partial charge on any atom is 0.147 e. The molecule has 0 aliphatic carbocycles. The van der Waals surface area contributed by atoms with Gasteiger partial charge in [0.05, 0.1) is 22.9 Å². The molecule has 5 nitrogen and oxygen atoms in total. The van der Waals surface area contributed by atoms with Crippen molar-refractivity contribution >= 4 is 35.0 Å². The highest BCUT2D eigenvalue weighted by molar-refractivity contribution is 6.31. The summed E-state index contributed by atoms with van der Waals surface area (Å²) in [6.45, 7) is 1.72. The Kier molecular flexibility index (Phi) is 5.90. The fourth-order valence-electron chi connectivity index (χ4n) is 3.76. The van der Waals surface area contributed by atoms with Gasteiger partial charge in [-0.25, -0.2) is 4.39 Å². The Hall–Kier alpha value is -2.67. The van der Waals surface area contributed by atoms with Crippen LogP contribution in [0.2, 0.25) is 5.02 Å². The molecule has 2 N–H and O–H groups in total. The van der Waals surface area contributed by atoms with Crippen LogP contribution in [0.5, 0.6) is 5.75 Å². The number of aromatic amines is 1. The quantitative estimate of drug-likeness (QED) is 0.451. The maximum atomic E-state index is 14.8. The number of nitrogens with one attached hydrogen (secondary N) is 2. The third-order valence-electron chi connectivity index (χ3n) is 5.11. The van der Waals surface area contributed by atoms with Crippen LogP contribution in [0.25, 0.3) is 33.4 Å². The third kappa shape index (κ3) is 3.74. The number of halogens is 3. The largest absolute Gasteiger partial charge is 0.487 e. The molecular weight excluding hydrogens is 426 g/mol. The van der Waals surface area contributed by atoms with Crippen LogP contribution in [0.1, 0.15) is 6.42 Å². The predicted molar refractivity (Wildman–Crippen MR) is 119 cm³/mol. The van der Waals surface area contributed by atoms with Gasteiger partial charge in [0.15, 0.2) is 0 Å². The number of fused-ring (bicyclic) bond motifs is 1. The summed E-state index contributed by atoms with van der Waals surface area (Å²) in [6, 6.07) is 10.2. The van der Waals surface area contributed by atoms with Gasteiger partial charge in [0, 0.05) is 40.7 Å². The SMILES string of the molecule is Cl.Fc1ccc(Cl)cc1-c1c(-c2ccncc2O[C@@H]2CCNC2)[nH]c2cccnc12. The van der Waals surface area contributed by atoms with Crippen LogP contribution in [-0.2, 0) is 0 Å². The van der Waals surface area contributed by atoms with Crippen LogP contribution in [0.4, 0.5) is 4.39 Å². The van der Waals surface area contributed by atoms with Gasteiger partial charge in [-0.1, -0.05) is 11.6 Å². The Morgan fingerprint density at radius 3 is 2.87 bits per heavy atom. The first kappa shape index (κ1) is 20.6. The average molecular weight is 445 g/mol. The molecule has 4 aromatic rings. The third-order valence-corrected chi connectivity index (χ3v) is 5.35. The molecule has 0 radical (unpaired) electrons. The van der Waals surface area contributed by atoms with E-state index in [4.69, 9.17) is 16.3 Å². The van der Waals surface area contributed by atoms with Gasteiger partial charge in [0.2, 0.25) is 0 Å². The van der Waals surface area contributed by atoms with E-state index in [1.807, 2.05) is 18.2 Å². The summed E-state index contributed by atoms with van der Waals surface area (Å²) in [7, 11) is 0. The Morgan fingerprint density at radius 1 is 1.13 bits per heavy atom. The Labute approximate surface area is 184 Å². The molecule has 0 spiro atoms. The highest BCUT2D eigenvalue weighted by atomic mass is 35.5. The first-order valence-electron chi connectivity index (χ1n) is 9.44. The summed E-state index contributed by atoms with van der Waals surface area (Å²) in [6.07, 6.45) is 6.10. The molecule has 1 aliphatic heterocycles. The van der Waals surface area contributed by atoms with Crippen molar-refractivity contribution in [2.24, 2.45) is 0 Å². The van der Waals surface area contributed by atoms with E-state index in [0.29, 0.717) is 27.4 Å². The van der Waals surface area contributed by atoms with E-state index in [2.05, 4.69) is 20.3 Å². The molecule has 5 rings (SSSR count). The lowest BCUT2D eigenvalue weighted by Gasteiger charge is -2.16. The number of hydrogen-bond acceptors (Lipinski definition) is 4. The van der Waals surface area contributed by atoms with Crippen molar-refractivity contribution in [3.05, 3.63) is 65.8 Å². The molecule has 30 heavy (non-hydrogen) atoms. The minimum absolute atomic E-state index is 0. The van der Waals surface area contributed by atoms with Gasteiger partial charge < -0.3 is 15.0 Å². The van der Waals surface area contributed by atoms with Crippen molar-refractivity contribution in [3.8, 4) is 28.1 Å². The molecule has 0 bridgehead atoms. The first-order valence-corrected chi connectivity index (χ1v) is 9.82. The van der Waals surface area contributed by atoms with E-state index in [9.17, 15) is 4.39 Å². The number of rotatable bonds is 4. The van der Waals surface area contributed by atoms with E-state index in [-0.39, 0.29) is 24.3 Å². The minimum atomic E-state index is -0.362. The standard InChI is InChI=1S/C22H18ClFN4O.ClH/c23-13-3-4-17(24)16(10-13)20-21(28-18-2-1-7-27-22(18)20)15-6-9-26-12-19(15)29-14-5-8-25-11-14;/h1-4,6-7,9-10,12,14,25,28H,5,8,11H2;1H/t14-;/m1./s1. The number of ether oxygens (including phenoxy) is 1. The maximum absolute atomic E-state index is 14.8. The number of hydrogen-bond donors (Lipinski definition) is 2. The van der Waals surface area contributed by atoms with Crippen molar-refractivity contribution in [1.29, 1.82) is 0 Å². The van der Waals surface area contributed by atoms with Crippen molar-refractivity contribution in [3.63, 3.8) is 0 Å². The van der Waals surface area contributed by atoms with Gasteiger partial charge in [0.25, 0.3) is 0 Å². The molecule has 8 heteroatoms. The monoisotopic (exact) mass is 444 g/mol. The molecule has 1 atom stereocenters. The molecule has 0 saturated carbocycles. The number of benzene rings is 1. The summed E-state index contributed by atoms with van der Waals surface area (Å²) >= 11 is 6.19. The molecule has 154 valence electrons. The van der Waals surface area contributed by atoms with Gasteiger partial charge in [-0.3, -0.25) is 9.97 Å². The number of H-pyrrole nitrogens is 1. The van der Waals surface area contributed by atoms with Crippen LogP contribution in [0.15, 0.2) is 55.0 Å². The van der Waals surface area contributed by atoms with Crippen LogP contribution < -0.4 is 10.1 Å². The second-order valence-corrected chi connectivity index (χ2v) is 7.44. The van der Waals surface area contributed by atoms with Gasteiger partial charge in [0.1, 0.15) is 17.7 Å². The van der Waals surface area contributed by atoms with E-state index < -0.39 is 0 Å². The lowest BCUT2D eigenvalue weighted by Crippen LogP contribution is -2.20. The molecule has 4 heterocycles. The van der Waals surface area contributed by atoms with Gasteiger partial charge >= 0.3 is 0 Å². The van der Waals surface area contributed by atoms with E-state index in [1.165, 1.54) is 12.1 Å². The van der Waals surface area contributed by atoms with Crippen LogP contribution in [-0.4, -0.2) is 34.1 Å². The first-order chi connectivity index (χ1) is 14.2.